The van der Waals surface area contributed by atoms with Crippen LogP contribution in [0.25, 0.3) is 0 Å². The molecule has 0 bridgehead atoms. The molecule has 2 unspecified atom stereocenters. The van der Waals surface area contributed by atoms with Crippen LogP contribution in [0, 0.1) is 5.92 Å². The topological polar surface area (TPSA) is 94.6 Å². The van der Waals surface area contributed by atoms with E-state index in [4.69, 9.17) is 4.74 Å². The second-order valence-corrected chi connectivity index (χ2v) is 6.24. The quantitative estimate of drug-likeness (QED) is 0.510. The van der Waals surface area contributed by atoms with Gasteiger partial charge >= 0.3 is 11.9 Å². The number of ether oxygens (including phenoxy) is 2. The average molecular weight is 390 g/mol. The number of carbonyl (C=O) groups excluding carboxylic acids is 3. The first-order chi connectivity index (χ1) is 12.3. The van der Waals surface area contributed by atoms with Gasteiger partial charge in [0, 0.05) is 6.20 Å². The normalized spacial score (nSPS) is 13.0. The fourth-order valence-corrected chi connectivity index (χ4v) is 2.51. The minimum Gasteiger partial charge on any atom is -0.467 e. The second kappa shape index (κ2) is 10.7. The predicted molar refractivity (Wildman–Crippen MR) is 89.8 cm³/mol. The summed E-state index contributed by atoms with van der Waals surface area (Å²) in [5.74, 6) is -5.22. The SMILES string of the molecule is CCC(C)C(NC(=O)COC(=O)c1cccnc1SC(F)F)C(=O)OC. The van der Waals surface area contributed by atoms with Crippen LogP contribution in [0.3, 0.4) is 0 Å². The summed E-state index contributed by atoms with van der Waals surface area (Å²) < 4.78 is 34.5. The Bertz CT molecular complexity index is 645. The van der Waals surface area contributed by atoms with Gasteiger partial charge in [0.15, 0.2) is 6.61 Å². The lowest BCUT2D eigenvalue weighted by Crippen LogP contribution is -2.47. The van der Waals surface area contributed by atoms with E-state index in [0.717, 1.165) is 0 Å². The molecule has 0 fully saturated rings. The van der Waals surface area contributed by atoms with Crippen molar-refractivity contribution in [3.8, 4) is 0 Å². The van der Waals surface area contributed by atoms with E-state index >= 15 is 0 Å². The molecule has 10 heteroatoms. The first-order valence-corrected chi connectivity index (χ1v) is 8.62. The Hall–Kier alpha value is -2.23. The maximum absolute atomic E-state index is 12.5. The maximum atomic E-state index is 12.5. The molecule has 1 amide bonds. The Morgan fingerprint density at radius 3 is 2.62 bits per heavy atom. The molecule has 1 heterocycles. The van der Waals surface area contributed by atoms with E-state index in [1.807, 2.05) is 6.92 Å². The molecule has 1 aromatic heterocycles. The summed E-state index contributed by atoms with van der Waals surface area (Å²) in [6.45, 7) is 2.94. The summed E-state index contributed by atoms with van der Waals surface area (Å²) in [7, 11) is 1.20. The highest BCUT2D eigenvalue weighted by atomic mass is 32.2. The summed E-state index contributed by atoms with van der Waals surface area (Å²) in [5, 5.41) is 2.25. The first-order valence-electron chi connectivity index (χ1n) is 7.74. The fourth-order valence-electron chi connectivity index (χ4n) is 1.94. The van der Waals surface area contributed by atoms with Crippen molar-refractivity contribution < 1.29 is 32.6 Å². The highest BCUT2D eigenvalue weighted by Gasteiger charge is 2.27. The fraction of sp³-hybridized carbons (Fsp3) is 0.500. The van der Waals surface area contributed by atoms with Crippen molar-refractivity contribution in [2.75, 3.05) is 13.7 Å². The van der Waals surface area contributed by atoms with Crippen LogP contribution in [-0.2, 0) is 19.1 Å². The lowest BCUT2D eigenvalue weighted by atomic mass is 9.99. The number of esters is 2. The Kier molecular flexibility index (Phi) is 8.97. The van der Waals surface area contributed by atoms with E-state index in [1.165, 1.54) is 25.4 Å². The summed E-state index contributed by atoms with van der Waals surface area (Å²) >= 11 is 0.105. The number of aromatic nitrogens is 1. The second-order valence-electron chi connectivity index (χ2n) is 5.26. The third kappa shape index (κ3) is 6.58. The average Bonchev–Trinajstić information content (AvgIpc) is 2.62. The molecule has 0 aliphatic heterocycles. The highest BCUT2D eigenvalue weighted by molar-refractivity contribution is 7.99. The van der Waals surface area contributed by atoms with Crippen LogP contribution >= 0.6 is 11.8 Å². The van der Waals surface area contributed by atoms with Crippen molar-refractivity contribution in [1.29, 1.82) is 0 Å². The standard InChI is InChI=1S/C16H20F2N2O5S/c1-4-9(2)12(15(23)24-3)20-11(21)8-25-14(22)10-6-5-7-19-13(10)26-16(17)18/h5-7,9,12,16H,4,8H2,1-3H3,(H,20,21). The van der Waals surface area contributed by atoms with Gasteiger partial charge in [-0.3, -0.25) is 4.79 Å². The molecule has 0 aliphatic rings. The van der Waals surface area contributed by atoms with Crippen molar-refractivity contribution in [1.82, 2.24) is 10.3 Å². The number of nitrogens with one attached hydrogen (secondary N) is 1. The third-order valence-electron chi connectivity index (χ3n) is 3.51. The molecule has 1 N–H and O–H groups in total. The molecule has 1 aromatic rings. The minimum atomic E-state index is -2.75. The molecule has 144 valence electrons. The number of halogens is 2. The van der Waals surface area contributed by atoms with Crippen LogP contribution in [0.5, 0.6) is 0 Å². The van der Waals surface area contributed by atoms with E-state index < -0.39 is 36.3 Å². The number of rotatable bonds is 9. The summed E-state index contributed by atoms with van der Waals surface area (Å²) in [4.78, 5) is 39.4. The van der Waals surface area contributed by atoms with Crippen molar-refractivity contribution in [2.45, 2.75) is 37.1 Å². The summed E-state index contributed by atoms with van der Waals surface area (Å²) in [5.41, 5.74) is -0.169. The molecule has 0 aliphatic carbocycles. The third-order valence-corrected chi connectivity index (χ3v) is 4.24. The number of alkyl halides is 2. The lowest BCUT2D eigenvalue weighted by Gasteiger charge is -2.21. The Morgan fingerprint density at radius 1 is 1.35 bits per heavy atom. The maximum Gasteiger partial charge on any atom is 0.341 e. The van der Waals surface area contributed by atoms with Gasteiger partial charge in [-0.05, 0) is 29.8 Å². The molecule has 0 aromatic carbocycles. The molecule has 2 atom stereocenters. The monoisotopic (exact) mass is 390 g/mol. The van der Waals surface area contributed by atoms with Crippen molar-refractivity contribution in [3.63, 3.8) is 0 Å². The number of methoxy groups -OCH3 is 1. The van der Waals surface area contributed by atoms with Crippen LogP contribution in [-0.4, -0.2) is 48.3 Å². The van der Waals surface area contributed by atoms with E-state index in [2.05, 4.69) is 15.0 Å². The molecule has 0 spiro atoms. The molecule has 1 rings (SSSR count). The zero-order valence-corrected chi connectivity index (χ0v) is 15.3. The lowest BCUT2D eigenvalue weighted by molar-refractivity contribution is -0.147. The number of hydrogen-bond acceptors (Lipinski definition) is 7. The van der Waals surface area contributed by atoms with Crippen molar-refractivity contribution in [3.05, 3.63) is 23.9 Å². The van der Waals surface area contributed by atoms with Gasteiger partial charge in [-0.15, -0.1) is 0 Å². The largest absolute Gasteiger partial charge is 0.467 e. The number of pyridine rings is 1. The molecular weight excluding hydrogens is 370 g/mol. The van der Waals surface area contributed by atoms with Gasteiger partial charge in [-0.2, -0.15) is 8.78 Å². The van der Waals surface area contributed by atoms with E-state index in [-0.39, 0.29) is 28.3 Å². The smallest absolute Gasteiger partial charge is 0.341 e. The Balaban J connectivity index is 2.69. The zero-order chi connectivity index (χ0) is 19.7. The number of nitrogens with zero attached hydrogens (tertiary/aromatic N) is 1. The van der Waals surface area contributed by atoms with Gasteiger partial charge in [0.25, 0.3) is 11.7 Å². The van der Waals surface area contributed by atoms with Crippen LogP contribution in [0.2, 0.25) is 0 Å². The van der Waals surface area contributed by atoms with Crippen LogP contribution < -0.4 is 5.32 Å². The van der Waals surface area contributed by atoms with Gasteiger partial charge < -0.3 is 14.8 Å². The van der Waals surface area contributed by atoms with Crippen LogP contribution in [0.4, 0.5) is 8.78 Å². The Morgan fingerprint density at radius 2 is 2.04 bits per heavy atom. The van der Waals surface area contributed by atoms with Crippen LogP contribution in [0.15, 0.2) is 23.4 Å². The number of carbonyl (C=O) groups is 3. The summed E-state index contributed by atoms with van der Waals surface area (Å²) in [6.07, 6.45) is 1.88. The first kappa shape index (κ1) is 21.8. The molecular formula is C16H20F2N2O5S. The van der Waals surface area contributed by atoms with Crippen LogP contribution in [0.1, 0.15) is 30.6 Å². The van der Waals surface area contributed by atoms with Gasteiger partial charge in [-0.25, -0.2) is 14.6 Å². The van der Waals surface area contributed by atoms with E-state index in [1.54, 1.807) is 6.92 Å². The predicted octanol–water partition coefficient (Wildman–Crippen LogP) is 2.26. The van der Waals surface area contributed by atoms with E-state index in [0.29, 0.717) is 6.42 Å². The minimum absolute atomic E-state index is 0.105. The van der Waals surface area contributed by atoms with Gasteiger partial charge in [-0.1, -0.05) is 20.3 Å². The van der Waals surface area contributed by atoms with Gasteiger partial charge in [0.05, 0.1) is 12.7 Å². The molecule has 0 radical (unpaired) electrons. The summed E-state index contributed by atoms with van der Waals surface area (Å²) in [6, 6.07) is 1.79. The van der Waals surface area contributed by atoms with Gasteiger partial charge in [0.1, 0.15) is 11.1 Å². The number of thioether (sulfide) groups is 1. The number of hydrogen-bond donors (Lipinski definition) is 1. The number of amides is 1. The van der Waals surface area contributed by atoms with E-state index in [9.17, 15) is 23.2 Å². The van der Waals surface area contributed by atoms with Crippen molar-refractivity contribution >= 4 is 29.6 Å². The molecule has 7 nitrogen and oxygen atoms in total. The van der Waals surface area contributed by atoms with Crippen molar-refractivity contribution in [2.24, 2.45) is 5.92 Å². The Labute approximate surface area is 153 Å². The van der Waals surface area contributed by atoms with Gasteiger partial charge in [0.2, 0.25) is 0 Å². The molecule has 0 saturated heterocycles. The molecule has 0 saturated carbocycles. The molecule has 26 heavy (non-hydrogen) atoms. The highest BCUT2D eigenvalue weighted by Crippen LogP contribution is 2.26. The zero-order valence-electron chi connectivity index (χ0n) is 14.5.